The summed E-state index contributed by atoms with van der Waals surface area (Å²) in [6, 6.07) is 25.3. The number of hydrogen-bond donors (Lipinski definition) is 4. The number of nitrogens with zero attached hydrogens (tertiary/aromatic N) is 3. The van der Waals surface area contributed by atoms with Crippen molar-refractivity contribution in [2.24, 2.45) is 0 Å². The third-order valence-electron chi connectivity index (χ3n) is 11.0. The molecule has 0 fully saturated rings. The van der Waals surface area contributed by atoms with Crippen molar-refractivity contribution in [3.63, 3.8) is 0 Å². The van der Waals surface area contributed by atoms with Gasteiger partial charge in [-0.2, -0.15) is 0 Å². The highest BCUT2D eigenvalue weighted by atomic mass is 16.6. The van der Waals surface area contributed by atoms with Crippen LogP contribution in [0.1, 0.15) is 83.0 Å². The third kappa shape index (κ3) is 15.5. The number of fused-ring (bicyclic) bond motifs is 1. The molecular formula is C49H65N5O9. The van der Waals surface area contributed by atoms with Gasteiger partial charge in [0.15, 0.2) is 0 Å². The molecule has 1 aromatic heterocycles. The maximum atomic E-state index is 13.8. The summed E-state index contributed by atoms with van der Waals surface area (Å²) in [4.78, 5) is 47.9. The molecule has 3 aromatic carbocycles. The average molecular weight is 868 g/mol. The fourth-order valence-electron chi connectivity index (χ4n) is 7.63. The number of nitrogens with one attached hydrogen (secondary N) is 2. The molecule has 0 aliphatic heterocycles. The monoisotopic (exact) mass is 867 g/mol. The Kier molecular flexibility index (Phi) is 21.0. The fraction of sp³-hybridized carbons (Fsp3) is 0.469. The number of benzene rings is 3. The first-order valence-electron chi connectivity index (χ1n) is 22.3. The average Bonchev–Trinajstić information content (AvgIpc) is 3.31. The number of ether oxygens (including phenoxy) is 4. The molecule has 14 nitrogen and oxygen atoms in total. The van der Waals surface area contributed by atoms with Crippen molar-refractivity contribution >= 4 is 29.1 Å². The van der Waals surface area contributed by atoms with Crippen LogP contribution in [0.2, 0.25) is 0 Å². The summed E-state index contributed by atoms with van der Waals surface area (Å²) in [5.41, 5.74) is 7.46. The SMILES string of the molecule is CCN(CC)c1ccc(NC(=O)c2cccc(CCCOCCOCCOCCOCCC(=O)N(CCO)CCO)c2)c(-c2cc(C(=O)N[C@H]3CCCc4ccccc43)ccn2)c1. The van der Waals surface area contributed by atoms with E-state index in [0.717, 1.165) is 62.0 Å². The molecule has 1 aliphatic carbocycles. The molecule has 14 heteroatoms. The number of aliphatic hydroxyl groups excluding tert-OH is 2. The molecule has 0 saturated carbocycles. The maximum Gasteiger partial charge on any atom is 0.255 e. The summed E-state index contributed by atoms with van der Waals surface area (Å²) in [6.07, 6.45) is 6.28. The summed E-state index contributed by atoms with van der Waals surface area (Å²) in [6.45, 7) is 9.17. The zero-order chi connectivity index (χ0) is 44.7. The molecule has 4 N–H and O–H groups in total. The number of aromatic nitrogens is 1. The molecule has 340 valence electrons. The first-order valence-corrected chi connectivity index (χ1v) is 22.3. The molecule has 1 aliphatic rings. The molecule has 0 bridgehead atoms. The summed E-state index contributed by atoms with van der Waals surface area (Å²) in [5, 5.41) is 24.5. The van der Waals surface area contributed by atoms with Gasteiger partial charge in [-0.3, -0.25) is 19.4 Å². The molecular weight excluding hydrogens is 803 g/mol. The lowest BCUT2D eigenvalue weighted by molar-refractivity contribution is -0.133. The Hall–Kier alpha value is -5.22. The summed E-state index contributed by atoms with van der Waals surface area (Å²) < 4.78 is 22.3. The van der Waals surface area contributed by atoms with Crippen LogP contribution in [-0.2, 0) is 36.6 Å². The van der Waals surface area contributed by atoms with Crippen LogP contribution in [0, 0.1) is 0 Å². The maximum absolute atomic E-state index is 13.8. The number of hydrogen-bond acceptors (Lipinski definition) is 11. The molecule has 63 heavy (non-hydrogen) atoms. The van der Waals surface area contributed by atoms with E-state index < -0.39 is 0 Å². The van der Waals surface area contributed by atoms with Gasteiger partial charge in [0, 0.05) is 61.4 Å². The van der Waals surface area contributed by atoms with Crippen LogP contribution in [0.3, 0.4) is 0 Å². The van der Waals surface area contributed by atoms with Crippen molar-refractivity contribution in [3.8, 4) is 11.3 Å². The minimum atomic E-state index is -0.239. The molecule has 1 atom stereocenters. The quantitative estimate of drug-likeness (QED) is 0.0505. The Bertz CT molecular complexity index is 2020. The Morgan fingerprint density at radius 3 is 2.14 bits per heavy atom. The number of carbonyl (C=O) groups excluding carboxylic acids is 3. The fourth-order valence-corrected chi connectivity index (χ4v) is 7.63. The minimum absolute atomic E-state index is 0.0484. The third-order valence-corrected chi connectivity index (χ3v) is 11.0. The van der Waals surface area contributed by atoms with Crippen LogP contribution in [-0.4, -0.2) is 130 Å². The van der Waals surface area contributed by atoms with Crippen LogP contribution >= 0.6 is 0 Å². The van der Waals surface area contributed by atoms with Crippen LogP contribution in [0.4, 0.5) is 11.4 Å². The van der Waals surface area contributed by atoms with E-state index in [1.54, 1.807) is 24.4 Å². The molecule has 0 spiro atoms. The van der Waals surface area contributed by atoms with Crippen LogP contribution < -0.4 is 15.5 Å². The van der Waals surface area contributed by atoms with E-state index >= 15 is 0 Å². The molecule has 3 amide bonds. The highest BCUT2D eigenvalue weighted by Gasteiger charge is 2.23. The van der Waals surface area contributed by atoms with Gasteiger partial charge in [0.2, 0.25) is 5.91 Å². The van der Waals surface area contributed by atoms with E-state index in [1.807, 2.05) is 48.5 Å². The topological polar surface area (TPSA) is 172 Å². The zero-order valence-electron chi connectivity index (χ0n) is 36.9. The van der Waals surface area contributed by atoms with Gasteiger partial charge in [-0.15, -0.1) is 0 Å². The van der Waals surface area contributed by atoms with Crippen molar-refractivity contribution in [2.45, 2.75) is 58.4 Å². The number of rotatable bonds is 28. The number of aryl methyl sites for hydroxylation is 2. The normalized spacial score (nSPS) is 13.3. The van der Waals surface area contributed by atoms with Crippen LogP contribution in [0.5, 0.6) is 0 Å². The van der Waals surface area contributed by atoms with Gasteiger partial charge in [-0.25, -0.2) is 0 Å². The van der Waals surface area contributed by atoms with Gasteiger partial charge >= 0.3 is 0 Å². The molecule has 0 radical (unpaired) electrons. The van der Waals surface area contributed by atoms with Gasteiger partial charge < -0.3 is 49.6 Å². The van der Waals surface area contributed by atoms with Crippen molar-refractivity contribution in [1.82, 2.24) is 15.2 Å². The van der Waals surface area contributed by atoms with Gasteiger partial charge in [0.25, 0.3) is 11.8 Å². The number of amides is 3. The van der Waals surface area contributed by atoms with Crippen molar-refractivity contribution in [3.05, 3.63) is 113 Å². The lowest BCUT2D eigenvalue weighted by Crippen LogP contribution is -2.36. The van der Waals surface area contributed by atoms with E-state index in [2.05, 4.69) is 46.5 Å². The first kappa shape index (κ1) is 48.8. The van der Waals surface area contributed by atoms with E-state index in [1.165, 1.54) is 16.0 Å². The second-order valence-corrected chi connectivity index (χ2v) is 15.2. The Labute approximate surface area is 371 Å². The summed E-state index contributed by atoms with van der Waals surface area (Å²) >= 11 is 0. The van der Waals surface area contributed by atoms with Gasteiger partial charge in [0.05, 0.1) is 83.3 Å². The van der Waals surface area contributed by atoms with Gasteiger partial charge in [-0.05, 0) is 105 Å². The molecule has 0 unspecified atom stereocenters. The Morgan fingerprint density at radius 1 is 0.746 bits per heavy atom. The lowest BCUT2D eigenvalue weighted by Gasteiger charge is -2.26. The van der Waals surface area contributed by atoms with Gasteiger partial charge in [-0.1, -0.05) is 36.4 Å². The van der Waals surface area contributed by atoms with Crippen molar-refractivity contribution < 1.29 is 43.5 Å². The second-order valence-electron chi connectivity index (χ2n) is 15.2. The largest absolute Gasteiger partial charge is 0.395 e. The van der Waals surface area contributed by atoms with E-state index in [0.29, 0.717) is 68.8 Å². The van der Waals surface area contributed by atoms with E-state index in [-0.39, 0.29) is 63.1 Å². The van der Waals surface area contributed by atoms with Crippen LogP contribution in [0.15, 0.2) is 85.1 Å². The number of aliphatic hydroxyl groups is 2. The number of carbonyl (C=O) groups is 3. The summed E-state index contributed by atoms with van der Waals surface area (Å²) in [5.74, 6) is -0.568. The van der Waals surface area contributed by atoms with E-state index in [4.69, 9.17) is 29.2 Å². The van der Waals surface area contributed by atoms with Crippen molar-refractivity contribution in [2.75, 3.05) is 102 Å². The standard InChI is InChI=1S/C49H65N5O9/c1-3-53(4-2)41-17-18-45(43(36-41)46-35-40(19-21-50-46)49(59)51-44-16-8-13-38-12-5-6-15-42(38)44)52-48(58)39-14-7-10-37(34-39)11-9-26-60-28-30-62-32-33-63-31-29-61-27-20-47(57)54(22-24-55)23-25-56/h5-7,10,12,14-15,17-19,21,34-36,44,55-56H,3-4,8-9,11,13,16,20,22-33H2,1-2H3,(H,51,59)(H,52,58)/t44-/m0/s1. The molecule has 0 saturated heterocycles. The van der Waals surface area contributed by atoms with Crippen LogP contribution in [0.25, 0.3) is 11.3 Å². The number of pyridine rings is 1. The minimum Gasteiger partial charge on any atom is -0.395 e. The summed E-state index contributed by atoms with van der Waals surface area (Å²) in [7, 11) is 0. The second kappa shape index (κ2) is 27.1. The Balaban J connectivity index is 1.05. The molecule has 5 rings (SSSR count). The highest BCUT2D eigenvalue weighted by molar-refractivity contribution is 6.06. The predicted molar refractivity (Wildman–Crippen MR) is 244 cm³/mol. The zero-order valence-corrected chi connectivity index (χ0v) is 36.9. The van der Waals surface area contributed by atoms with Crippen molar-refractivity contribution in [1.29, 1.82) is 0 Å². The number of anilines is 2. The lowest BCUT2D eigenvalue weighted by atomic mass is 9.87. The highest BCUT2D eigenvalue weighted by Crippen LogP contribution is 2.33. The van der Waals surface area contributed by atoms with E-state index in [9.17, 15) is 14.4 Å². The first-order chi connectivity index (χ1) is 30.8. The predicted octanol–water partition coefficient (Wildman–Crippen LogP) is 5.86. The molecule has 1 heterocycles. The molecule has 4 aromatic rings. The van der Waals surface area contributed by atoms with Gasteiger partial charge in [0.1, 0.15) is 0 Å². The smallest absolute Gasteiger partial charge is 0.255 e. The Morgan fingerprint density at radius 2 is 1.43 bits per heavy atom.